The van der Waals surface area contributed by atoms with Gasteiger partial charge in [0.15, 0.2) is 11.5 Å². The quantitative estimate of drug-likeness (QED) is 0.821. The van der Waals surface area contributed by atoms with Crippen LogP contribution in [0.25, 0.3) is 0 Å². The van der Waals surface area contributed by atoms with Gasteiger partial charge in [-0.2, -0.15) is 0 Å². The number of primary amides is 1. The van der Waals surface area contributed by atoms with Crippen molar-refractivity contribution in [3.63, 3.8) is 0 Å². The number of halogens is 2. The van der Waals surface area contributed by atoms with Gasteiger partial charge in [-0.05, 0) is 0 Å². The van der Waals surface area contributed by atoms with E-state index in [1.54, 1.807) is 0 Å². The fourth-order valence-electron chi connectivity index (χ4n) is 3.21. The maximum atomic E-state index is 13.7. The molecule has 1 unspecified atom stereocenters. The number of piperazine rings is 1. The van der Waals surface area contributed by atoms with Crippen molar-refractivity contribution in [3.05, 3.63) is 29.6 Å². The number of carbonyl (C=O) groups is 2. The average Bonchev–Trinajstić information content (AvgIpc) is 3.05. The molecule has 2 aliphatic heterocycles. The van der Waals surface area contributed by atoms with Crippen LogP contribution in [0.3, 0.4) is 0 Å². The number of hydrogen-bond acceptors (Lipinski definition) is 5. The molecule has 9 heteroatoms. The molecule has 130 valence electrons. The lowest BCUT2D eigenvalue weighted by Gasteiger charge is -2.43. The summed E-state index contributed by atoms with van der Waals surface area (Å²) in [4.78, 5) is 31.1. The zero-order chi connectivity index (χ0) is 17.3. The summed E-state index contributed by atoms with van der Waals surface area (Å²) in [5.74, 6) is -2.85. The summed E-state index contributed by atoms with van der Waals surface area (Å²) in [6.45, 7) is 2.14. The summed E-state index contributed by atoms with van der Waals surface area (Å²) in [5, 5.41) is 0. The van der Waals surface area contributed by atoms with Gasteiger partial charge in [0.25, 0.3) is 5.91 Å². The molecule has 0 bridgehead atoms. The minimum atomic E-state index is -0.986. The Bertz CT molecular complexity index is 656. The van der Waals surface area contributed by atoms with Gasteiger partial charge in [-0.1, -0.05) is 0 Å². The Morgan fingerprint density at radius 2 is 1.96 bits per heavy atom. The van der Waals surface area contributed by atoms with E-state index in [9.17, 15) is 18.4 Å². The predicted octanol–water partition coefficient (Wildman–Crippen LogP) is -0.238. The van der Waals surface area contributed by atoms with Crippen LogP contribution in [-0.2, 0) is 9.53 Å². The molecular formula is C15H18F2N4O3. The number of aromatic nitrogens is 1. The van der Waals surface area contributed by atoms with Gasteiger partial charge in [0, 0.05) is 45.3 Å². The van der Waals surface area contributed by atoms with E-state index < -0.39 is 34.7 Å². The summed E-state index contributed by atoms with van der Waals surface area (Å²) in [6.07, 6.45) is 1.33. The van der Waals surface area contributed by atoms with Crippen LogP contribution in [0, 0.1) is 11.6 Å². The van der Waals surface area contributed by atoms with E-state index in [1.807, 2.05) is 4.90 Å². The van der Waals surface area contributed by atoms with Crippen molar-refractivity contribution in [1.29, 1.82) is 0 Å². The number of nitrogens with zero attached hydrogens (tertiary/aromatic N) is 3. The predicted molar refractivity (Wildman–Crippen MR) is 79.0 cm³/mol. The SMILES string of the molecule is NC(=O)C1(N2CCN(C(=O)c3ncc(F)cc3F)CC2)CCOC1. The Kier molecular flexibility index (Phi) is 4.46. The zero-order valence-electron chi connectivity index (χ0n) is 13.0. The highest BCUT2D eigenvalue weighted by molar-refractivity contribution is 5.92. The van der Waals surface area contributed by atoms with E-state index >= 15 is 0 Å². The van der Waals surface area contributed by atoms with Gasteiger partial charge in [0.2, 0.25) is 5.91 Å². The molecule has 2 fully saturated rings. The molecule has 3 rings (SSSR count). The molecule has 0 aromatic carbocycles. The highest BCUT2D eigenvalue weighted by atomic mass is 19.1. The largest absolute Gasteiger partial charge is 0.379 e. The molecular weight excluding hydrogens is 322 g/mol. The van der Waals surface area contributed by atoms with Crippen molar-refractivity contribution in [2.75, 3.05) is 39.4 Å². The van der Waals surface area contributed by atoms with Crippen LogP contribution in [0.4, 0.5) is 8.78 Å². The van der Waals surface area contributed by atoms with Crippen LogP contribution >= 0.6 is 0 Å². The Balaban J connectivity index is 1.68. The number of nitrogens with two attached hydrogens (primary N) is 1. The molecule has 1 aromatic rings. The number of ether oxygens (including phenoxy) is 1. The Labute approximate surface area is 137 Å². The molecule has 2 saturated heterocycles. The van der Waals surface area contributed by atoms with Gasteiger partial charge in [0.05, 0.1) is 12.8 Å². The van der Waals surface area contributed by atoms with E-state index in [0.717, 1.165) is 6.20 Å². The number of pyridine rings is 1. The van der Waals surface area contributed by atoms with Gasteiger partial charge in [0.1, 0.15) is 11.4 Å². The van der Waals surface area contributed by atoms with Crippen LogP contribution in [0.5, 0.6) is 0 Å². The van der Waals surface area contributed by atoms with Crippen molar-refractivity contribution >= 4 is 11.8 Å². The lowest BCUT2D eigenvalue weighted by atomic mass is 9.94. The van der Waals surface area contributed by atoms with Gasteiger partial charge in [-0.3, -0.25) is 14.5 Å². The summed E-state index contributed by atoms with van der Waals surface area (Å²) in [5.41, 5.74) is 4.30. The molecule has 1 aromatic heterocycles. The Morgan fingerprint density at radius 1 is 1.25 bits per heavy atom. The second-order valence-corrected chi connectivity index (χ2v) is 5.96. The van der Waals surface area contributed by atoms with Crippen molar-refractivity contribution in [1.82, 2.24) is 14.8 Å². The van der Waals surface area contributed by atoms with Crippen LogP contribution in [0.15, 0.2) is 12.3 Å². The molecule has 0 spiro atoms. The van der Waals surface area contributed by atoms with Gasteiger partial charge in [-0.25, -0.2) is 13.8 Å². The molecule has 1 atom stereocenters. The first-order valence-corrected chi connectivity index (χ1v) is 7.67. The molecule has 2 amide bonds. The molecule has 0 aliphatic carbocycles. The van der Waals surface area contributed by atoms with Crippen LogP contribution < -0.4 is 5.73 Å². The van der Waals surface area contributed by atoms with E-state index in [-0.39, 0.29) is 6.61 Å². The second-order valence-electron chi connectivity index (χ2n) is 5.96. The lowest BCUT2D eigenvalue weighted by molar-refractivity contribution is -0.131. The molecule has 2 N–H and O–H groups in total. The first-order chi connectivity index (χ1) is 11.4. The summed E-state index contributed by atoms with van der Waals surface area (Å²) in [7, 11) is 0. The van der Waals surface area contributed by atoms with Gasteiger partial charge in [-0.15, -0.1) is 0 Å². The molecule has 7 nitrogen and oxygen atoms in total. The van der Waals surface area contributed by atoms with Crippen molar-refractivity contribution in [2.45, 2.75) is 12.0 Å². The van der Waals surface area contributed by atoms with Crippen LogP contribution in [0.2, 0.25) is 0 Å². The number of carbonyl (C=O) groups excluding carboxylic acids is 2. The second kappa shape index (κ2) is 6.40. The van der Waals surface area contributed by atoms with E-state index in [0.29, 0.717) is 45.3 Å². The van der Waals surface area contributed by atoms with E-state index in [4.69, 9.17) is 10.5 Å². The Hall–Kier alpha value is -2.13. The molecule has 3 heterocycles. The number of hydrogen-bond donors (Lipinski definition) is 1. The highest BCUT2D eigenvalue weighted by Gasteiger charge is 2.47. The Morgan fingerprint density at radius 3 is 2.50 bits per heavy atom. The maximum Gasteiger partial charge on any atom is 0.275 e. The van der Waals surface area contributed by atoms with Crippen molar-refractivity contribution < 1.29 is 23.1 Å². The summed E-state index contributed by atoms with van der Waals surface area (Å²) in [6, 6.07) is 0.633. The van der Waals surface area contributed by atoms with Gasteiger partial charge >= 0.3 is 0 Å². The third kappa shape index (κ3) is 2.84. The molecule has 2 aliphatic rings. The molecule has 24 heavy (non-hydrogen) atoms. The van der Waals surface area contributed by atoms with Crippen LogP contribution in [-0.4, -0.2) is 71.5 Å². The third-order valence-corrected chi connectivity index (χ3v) is 4.64. The normalized spacial score (nSPS) is 25.0. The molecule has 0 saturated carbocycles. The molecule has 0 radical (unpaired) electrons. The summed E-state index contributed by atoms with van der Waals surface area (Å²) >= 11 is 0. The van der Waals surface area contributed by atoms with Crippen LogP contribution in [0.1, 0.15) is 16.9 Å². The monoisotopic (exact) mass is 340 g/mol. The van der Waals surface area contributed by atoms with E-state index in [2.05, 4.69) is 4.98 Å². The standard InChI is InChI=1S/C15H18F2N4O3/c16-10-7-11(17)12(19-8-10)13(22)20-2-4-21(5-3-20)15(14(18)23)1-6-24-9-15/h7-8H,1-6,9H2,(H2,18,23). The van der Waals surface area contributed by atoms with Gasteiger partial charge < -0.3 is 15.4 Å². The van der Waals surface area contributed by atoms with E-state index in [1.165, 1.54) is 4.90 Å². The zero-order valence-corrected chi connectivity index (χ0v) is 13.0. The highest BCUT2D eigenvalue weighted by Crippen LogP contribution is 2.27. The van der Waals surface area contributed by atoms with Crippen molar-refractivity contribution in [3.8, 4) is 0 Å². The summed E-state index contributed by atoms with van der Waals surface area (Å²) < 4.78 is 31.9. The fraction of sp³-hybridized carbons (Fsp3) is 0.533. The minimum Gasteiger partial charge on any atom is -0.379 e. The maximum absolute atomic E-state index is 13.7. The first-order valence-electron chi connectivity index (χ1n) is 7.67. The topological polar surface area (TPSA) is 88.8 Å². The number of rotatable bonds is 3. The smallest absolute Gasteiger partial charge is 0.275 e. The average molecular weight is 340 g/mol. The number of amides is 2. The van der Waals surface area contributed by atoms with Crippen molar-refractivity contribution in [2.24, 2.45) is 5.73 Å². The minimum absolute atomic E-state index is 0.241. The first kappa shape index (κ1) is 16.7. The fourth-order valence-corrected chi connectivity index (χ4v) is 3.21. The lowest BCUT2D eigenvalue weighted by Crippen LogP contribution is -2.63. The third-order valence-electron chi connectivity index (χ3n) is 4.64.